The molecule has 0 unspecified atom stereocenters. The van der Waals surface area contributed by atoms with Crippen LogP contribution in [0.2, 0.25) is 0 Å². The fourth-order valence-corrected chi connectivity index (χ4v) is 3.17. The minimum Gasteiger partial charge on any atom is -0.476 e. The lowest BCUT2D eigenvalue weighted by Gasteiger charge is -2.24. The molecular formula is C19H26N6O2. The van der Waals surface area contributed by atoms with Gasteiger partial charge in [-0.25, -0.2) is 9.78 Å². The highest BCUT2D eigenvalue weighted by Crippen LogP contribution is 2.28. The maximum absolute atomic E-state index is 11.0. The molecule has 0 radical (unpaired) electrons. The molecule has 8 heteroatoms. The lowest BCUT2D eigenvalue weighted by Crippen LogP contribution is -2.23. The highest BCUT2D eigenvalue weighted by atomic mass is 16.4. The van der Waals surface area contributed by atoms with Crippen LogP contribution in [0, 0.1) is 0 Å². The molecule has 8 nitrogen and oxygen atoms in total. The first-order valence-electron chi connectivity index (χ1n) is 9.62. The summed E-state index contributed by atoms with van der Waals surface area (Å²) in [6.45, 7) is 2.97. The van der Waals surface area contributed by atoms with E-state index in [0.29, 0.717) is 23.5 Å². The van der Waals surface area contributed by atoms with Crippen molar-refractivity contribution in [1.82, 2.24) is 20.2 Å². The molecule has 0 aliphatic heterocycles. The first-order valence-corrected chi connectivity index (χ1v) is 9.62. The molecule has 2 aromatic heterocycles. The normalized spacial score (nSPS) is 14.7. The van der Waals surface area contributed by atoms with Crippen molar-refractivity contribution < 1.29 is 9.90 Å². The van der Waals surface area contributed by atoms with Crippen molar-refractivity contribution in [2.45, 2.75) is 57.9 Å². The van der Waals surface area contributed by atoms with Gasteiger partial charge in [0.2, 0.25) is 5.95 Å². The van der Waals surface area contributed by atoms with E-state index in [9.17, 15) is 4.79 Å². The molecule has 2 heterocycles. The fraction of sp³-hybridized carbons (Fsp3) is 0.526. The third-order valence-electron chi connectivity index (χ3n) is 4.71. The Morgan fingerprint density at radius 3 is 2.70 bits per heavy atom. The van der Waals surface area contributed by atoms with Gasteiger partial charge in [0, 0.05) is 18.8 Å². The molecule has 0 saturated heterocycles. The van der Waals surface area contributed by atoms with Crippen LogP contribution in [0.3, 0.4) is 0 Å². The highest BCUT2D eigenvalue weighted by molar-refractivity contribution is 5.85. The molecule has 1 saturated carbocycles. The van der Waals surface area contributed by atoms with E-state index in [0.717, 1.165) is 37.8 Å². The van der Waals surface area contributed by atoms with Gasteiger partial charge in [0.05, 0.1) is 11.3 Å². The molecule has 1 fully saturated rings. The third kappa shape index (κ3) is 5.12. The number of nitrogens with zero attached hydrogens (tertiary/aromatic N) is 4. The van der Waals surface area contributed by atoms with Crippen molar-refractivity contribution in [3.8, 4) is 11.3 Å². The van der Waals surface area contributed by atoms with Crippen LogP contribution in [0.15, 0.2) is 18.3 Å². The molecule has 1 aliphatic rings. The zero-order valence-corrected chi connectivity index (χ0v) is 15.6. The number of carbonyl (C=O) groups is 1. The van der Waals surface area contributed by atoms with Crippen molar-refractivity contribution in [1.29, 1.82) is 0 Å². The van der Waals surface area contributed by atoms with E-state index in [-0.39, 0.29) is 5.69 Å². The first kappa shape index (κ1) is 19.0. The number of anilines is 2. The maximum atomic E-state index is 11.0. The van der Waals surface area contributed by atoms with E-state index < -0.39 is 5.97 Å². The van der Waals surface area contributed by atoms with Crippen LogP contribution in [0.4, 0.5) is 11.8 Å². The van der Waals surface area contributed by atoms with Crippen LogP contribution in [0.1, 0.15) is 62.4 Å². The van der Waals surface area contributed by atoms with Crippen LogP contribution >= 0.6 is 0 Å². The van der Waals surface area contributed by atoms with Gasteiger partial charge in [0.1, 0.15) is 5.82 Å². The third-order valence-corrected chi connectivity index (χ3v) is 4.71. The summed E-state index contributed by atoms with van der Waals surface area (Å²) < 4.78 is 0. The second-order valence-corrected chi connectivity index (χ2v) is 6.82. The van der Waals surface area contributed by atoms with Gasteiger partial charge in [-0.1, -0.05) is 32.6 Å². The van der Waals surface area contributed by atoms with E-state index in [1.165, 1.54) is 25.3 Å². The lowest BCUT2D eigenvalue weighted by molar-refractivity contribution is 0.0689. The maximum Gasteiger partial charge on any atom is 0.356 e. The quantitative estimate of drug-likeness (QED) is 0.604. The number of aromatic carboxylic acids is 1. The first-order chi connectivity index (χ1) is 13.2. The zero-order chi connectivity index (χ0) is 19.1. The van der Waals surface area contributed by atoms with Crippen molar-refractivity contribution in [3.63, 3.8) is 0 Å². The summed E-state index contributed by atoms with van der Waals surface area (Å²) in [7, 11) is 0. The summed E-state index contributed by atoms with van der Waals surface area (Å²) >= 11 is 0. The predicted molar refractivity (Wildman–Crippen MR) is 104 cm³/mol. The summed E-state index contributed by atoms with van der Waals surface area (Å²) in [4.78, 5) is 20.0. The predicted octanol–water partition coefficient (Wildman–Crippen LogP) is 3.59. The van der Waals surface area contributed by atoms with E-state index in [2.05, 4.69) is 37.7 Å². The summed E-state index contributed by atoms with van der Waals surface area (Å²) in [5.41, 5.74) is 1.20. The summed E-state index contributed by atoms with van der Waals surface area (Å²) in [6, 6.07) is 3.47. The number of carboxylic acids is 1. The molecule has 0 aromatic carbocycles. The SMILES string of the molecule is CCCCNc1ncc(-c2ccc(C(=O)O)nn2)c(NC2CCCCC2)n1. The largest absolute Gasteiger partial charge is 0.476 e. The van der Waals surface area contributed by atoms with Gasteiger partial charge in [-0.3, -0.25) is 0 Å². The van der Waals surface area contributed by atoms with Gasteiger partial charge in [-0.15, -0.1) is 10.2 Å². The number of aromatic nitrogens is 4. The molecule has 27 heavy (non-hydrogen) atoms. The Kier molecular flexibility index (Phi) is 6.51. The Labute approximate surface area is 158 Å². The van der Waals surface area contributed by atoms with Gasteiger partial charge in [0.15, 0.2) is 5.69 Å². The Morgan fingerprint density at radius 1 is 1.22 bits per heavy atom. The van der Waals surface area contributed by atoms with E-state index in [1.807, 2.05) is 0 Å². The smallest absolute Gasteiger partial charge is 0.356 e. The second-order valence-electron chi connectivity index (χ2n) is 6.82. The molecule has 3 N–H and O–H groups in total. The number of nitrogens with one attached hydrogen (secondary N) is 2. The molecule has 0 spiro atoms. The summed E-state index contributed by atoms with van der Waals surface area (Å²) in [5.74, 6) is 0.204. The van der Waals surface area contributed by atoms with Crippen molar-refractivity contribution in [2.24, 2.45) is 0 Å². The standard InChI is InChI=1S/C19H26N6O2/c1-2-3-11-20-19-21-12-14(15-9-10-16(18(26)27)25-24-15)17(23-19)22-13-7-5-4-6-8-13/h9-10,12-13H,2-8,11H2,1H3,(H,26,27)(H2,20,21,22,23). The number of rotatable bonds is 8. The highest BCUT2D eigenvalue weighted by Gasteiger charge is 2.18. The number of carboxylic acid groups (broad SMARTS) is 1. The van der Waals surface area contributed by atoms with E-state index in [4.69, 9.17) is 5.11 Å². The number of unbranched alkanes of at least 4 members (excludes halogenated alkanes) is 1. The van der Waals surface area contributed by atoms with Gasteiger partial charge >= 0.3 is 5.97 Å². The van der Waals surface area contributed by atoms with Gasteiger partial charge in [0.25, 0.3) is 0 Å². The monoisotopic (exact) mass is 370 g/mol. The molecule has 1 aliphatic carbocycles. The lowest BCUT2D eigenvalue weighted by atomic mass is 9.95. The summed E-state index contributed by atoms with van der Waals surface area (Å²) in [5, 5.41) is 23.6. The molecule has 144 valence electrons. The minimum atomic E-state index is -1.10. The Morgan fingerprint density at radius 2 is 2.04 bits per heavy atom. The average Bonchev–Trinajstić information content (AvgIpc) is 2.69. The molecule has 0 bridgehead atoms. The number of hydrogen-bond acceptors (Lipinski definition) is 7. The van der Waals surface area contributed by atoms with Crippen LogP contribution in [0.5, 0.6) is 0 Å². The Bertz CT molecular complexity index is 759. The Hall–Kier alpha value is -2.77. The van der Waals surface area contributed by atoms with Crippen molar-refractivity contribution >= 4 is 17.7 Å². The average molecular weight is 370 g/mol. The molecule has 0 amide bonds. The van der Waals surface area contributed by atoms with Gasteiger partial charge < -0.3 is 15.7 Å². The van der Waals surface area contributed by atoms with Crippen LogP contribution in [-0.4, -0.2) is 43.8 Å². The molecule has 3 rings (SSSR count). The van der Waals surface area contributed by atoms with E-state index >= 15 is 0 Å². The van der Waals surface area contributed by atoms with Crippen LogP contribution in [-0.2, 0) is 0 Å². The molecule has 0 atom stereocenters. The van der Waals surface area contributed by atoms with Crippen LogP contribution in [0.25, 0.3) is 11.3 Å². The fourth-order valence-electron chi connectivity index (χ4n) is 3.17. The molecular weight excluding hydrogens is 344 g/mol. The summed E-state index contributed by atoms with van der Waals surface area (Å²) in [6.07, 6.45) is 9.82. The minimum absolute atomic E-state index is 0.0840. The zero-order valence-electron chi connectivity index (χ0n) is 15.6. The topological polar surface area (TPSA) is 113 Å². The van der Waals surface area contributed by atoms with E-state index in [1.54, 1.807) is 12.3 Å². The molecule has 2 aromatic rings. The van der Waals surface area contributed by atoms with Gasteiger partial charge in [-0.05, 0) is 31.4 Å². The van der Waals surface area contributed by atoms with Gasteiger partial charge in [-0.2, -0.15) is 4.98 Å². The van der Waals surface area contributed by atoms with Crippen LogP contribution < -0.4 is 10.6 Å². The number of hydrogen-bond donors (Lipinski definition) is 3. The second kappa shape index (κ2) is 9.25. The Balaban J connectivity index is 1.86. The van der Waals surface area contributed by atoms with Crippen molar-refractivity contribution in [3.05, 3.63) is 24.0 Å². The van der Waals surface area contributed by atoms with Crippen molar-refractivity contribution in [2.75, 3.05) is 17.2 Å².